The predicted octanol–water partition coefficient (Wildman–Crippen LogP) is 8.46. The summed E-state index contributed by atoms with van der Waals surface area (Å²) in [5.74, 6) is 0.615. The molecule has 0 spiro atoms. The summed E-state index contributed by atoms with van der Waals surface area (Å²) in [7, 11) is 0. The molecule has 4 heteroatoms. The second kappa shape index (κ2) is 6.19. The fraction of sp³-hybridized carbons (Fsp3) is 0. The third-order valence-corrected chi connectivity index (χ3v) is 6.42. The van der Waals surface area contributed by atoms with Gasteiger partial charge in [-0.3, -0.25) is 0 Å². The van der Waals surface area contributed by atoms with E-state index in [1.54, 1.807) is 0 Å². The second-order valence-electron chi connectivity index (χ2n) is 7.77. The predicted molar refractivity (Wildman–Crippen MR) is 129 cm³/mol. The average Bonchev–Trinajstić information content (AvgIpc) is 3.40. The van der Waals surface area contributed by atoms with Crippen molar-refractivity contribution in [2.75, 3.05) is 0 Å². The van der Waals surface area contributed by atoms with E-state index in [9.17, 15) is 0 Å². The van der Waals surface area contributed by atoms with Crippen molar-refractivity contribution in [3.05, 3.63) is 89.4 Å². The summed E-state index contributed by atoms with van der Waals surface area (Å²) >= 11 is 3.61. The molecule has 0 saturated carbocycles. The van der Waals surface area contributed by atoms with Gasteiger partial charge in [-0.1, -0.05) is 58.4 Å². The van der Waals surface area contributed by atoms with Gasteiger partial charge in [0.2, 0.25) is 5.89 Å². The van der Waals surface area contributed by atoms with E-state index in [1.165, 1.54) is 5.39 Å². The van der Waals surface area contributed by atoms with Crippen LogP contribution >= 0.6 is 15.9 Å². The number of benzene rings is 5. The van der Waals surface area contributed by atoms with E-state index in [2.05, 4.69) is 70.5 Å². The van der Waals surface area contributed by atoms with Crippen molar-refractivity contribution in [1.29, 1.82) is 0 Å². The van der Waals surface area contributed by atoms with Crippen molar-refractivity contribution in [2.24, 2.45) is 0 Å². The summed E-state index contributed by atoms with van der Waals surface area (Å²) in [5.41, 5.74) is 4.19. The number of halogens is 1. The molecule has 0 unspecified atom stereocenters. The van der Waals surface area contributed by atoms with E-state index in [0.717, 1.165) is 59.2 Å². The Morgan fingerprint density at radius 1 is 0.645 bits per heavy atom. The normalized spacial score (nSPS) is 12.0. The summed E-state index contributed by atoms with van der Waals surface area (Å²) in [5, 5.41) is 6.67. The van der Waals surface area contributed by atoms with E-state index < -0.39 is 0 Å². The summed E-state index contributed by atoms with van der Waals surface area (Å²) in [4.78, 5) is 4.81. The SMILES string of the molecule is Brc1ccc2ccc3oc4ccc5nc(-c6ccc7ccccc7c6)oc5c4c3c2c1. The summed E-state index contributed by atoms with van der Waals surface area (Å²) in [6.07, 6.45) is 0. The first kappa shape index (κ1) is 17.1. The molecule has 0 bridgehead atoms. The first-order valence-corrected chi connectivity index (χ1v) is 10.9. The lowest BCUT2D eigenvalue weighted by molar-refractivity contribution is 0.622. The summed E-state index contributed by atoms with van der Waals surface area (Å²) in [6, 6.07) is 28.9. The zero-order chi connectivity index (χ0) is 20.5. The standard InChI is InChI=1S/C27H14BrNO2/c28-19-9-7-16-8-11-22-24(20(16)14-19)25-23(30-22)12-10-21-26(25)31-27(29-21)18-6-5-15-3-1-2-4-17(15)13-18/h1-14H. The molecule has 0 N–H and O–H groups in total. The molecule has 146 valence electrons. The molecule has 0 fully saturated rings. The smallest absolute Gasteiger partial charge is 0.227 e. The zero-order valence-electron chi connectivity index (χ0n) is 16.2. The Bertz CT molecular complexity index is 1810. The van der Waals surface area contributed by atoms with Crippen molar-refractivity contribution in [3.63, 3.8) is 0 Å². The number of aromatic nitrogens is 1. The molecule has 0 amide bonds. The first-order chi connectivity index (χ1) is 15.2. The minimum absolute atomic E-state index is 0.615. The van der Waals surface area contributed by atoms with Gasteiger partial charge < -0.3 is 8.83 Å². The highest BCUT2D eigenvalue weighted by atomic mass is 79.9. The molecular weight excluding hydrogens is 450 g/mol. The van der Waals surface area contributed by atoms with E-state index in [-0.39, 0.29) is 0 Å². The van der Waals surface area contributed by atoms with Crippen molar-refractivity contribution in [2.45, 2.75) is 0 Å². The van der Waals surface area contributed by atoms with Crippen LogP contribution in [0.5, 0.6) is 0 Å². The van der Waals surface area contributed by atoms with Crippen molar-refractivity contribution in [1.82, 2.24) is 4.98 Å². The number of fused-ring (bicyclic) bond motifs is 8. The van der Waals surface area contributed by atoms with Crippen LogP contribution in [-0.4, -0.2) is 4.98 Å². The average molecular weight is 464 g/mol. The maximum atomic E-state index is 6.38. The Hall–Kier alpha value is -3.63. The van der Waals surface area contributed by atoms with Gasteiger partial charge in [-0.15, -0.1) is 0 Å². The zero-order valence-corrected chi connectivity index (χ0v) is 17.8. The van der Waals surface area contributed by atoms with Crippen LogP contribution in [0, 0.1) is 0 Å². The molecule has 0 atom stereocenters. The highest BCUT2D eigenvalue weighted by Crippen LogP contribution is 2.40. The topological polar surface area (TPSA) is 39.2 Å². The van der Waals surface area contributed by atoms with Crippen molar-refractivity contribution < 1.29 is 8.83 Å². The van der Waals surface area contributed by atoms with Crippen molar-refractivity contribution >= 4 is 70.5 Å². The second-order valence-corrected chi connectivity index (χ2v) is 8.69. The lowest BCUT2D eigenvalue weighted by atomic mass is 10.0. The highest BCUT2D eigenvalue weighted by molar-refractivity contribution is 9.10. The summed E-state index contributed by atoms with van der Waals surface area (Å²) < 4.78 is 13.6. The van der Waals surface area contributed by atoms with Gasteiger partial charge in [0.1, 0.15) is 16.7 Å². The maximum Gasteiger partial charge on any atom is 0.227 e. The first-order valence-electron chi connectivity index (χ1n) is 10.1. The Morgan fingerprint density at radius 3 is 2.35 bits per heavy atom. The number of hydrogen-bond acceptors (Lipinski definition) is 3. The fourth-order valence-electron chi connectivity index (χ4n) is 4.47. The molecule has 7 aromatic rings. The fourth-order valence-corrected chi connectivity index (χ4v) is 4.84. The Morgan fingerprint density at radius 2 is 1.42 bits per heavy atom. The molecule has 0 aliphatic carbocycles. The molecule has 2 aromatic heterocycles. The van der Waals surface area contributed by atoms with Gasteiger partial charge in [0, 0.05) is 15.4 Å². The lowest BCUT2D eigenvalue weighted by Crippen LogP contribution is -1.78. The van der Waals surface area contributed by atoms with Crippen LogP contribution in [0.4, 0.5) is 0 Å². The lowest BCUT2D eigenvalue weighted by Gasteiger charge is -2.01. The van der Waals surface area contributed by atoms with E-state index >= 15 is 0 Å². The molecule has 2 heterocycles. The number of oxazole rings is 1. The summed E-state index contributed by atoms with van der Waals surface area (Å²) in [6.45, 7) is 0. The maximum absolute atomic E-state index is 6.38. The molecule has 7 rings (SSSR count). The molecule has 0 aliphatic heterocycles. The van der Waals surface area contributed by atoms with E-state index in [4.69, 9.17) is 13.8 Å². The van der Waals surface area contributed by atoms with Gasteiger partial charge in [-0.05, 0) is 64.0 Å². The van der Waals surface area contributed by atoms with Gasteiger partial charge in [-0.2, -0.15) is 0 Å². The van der Waals surface area contributed by atoms with Gasteiger partial charge in [0.25, 0.3) is 0 Å². The third-order valence-electron chi connectivity index (χ3n) is 5.93. The Kier molecular flexibility index (Phi) is 3.41. The Balaban J connectivity index is 1.57. The molecule has 3 nitrogen and oxygen atoms in total. The molecule has 31 heavy (non-hydrogen) atoms. The largest absolute Gasteiger partial charge is 0.456 e. The minimum atomic E-state index is 0.615. The molecule has 0 saturated heterocycles. The van der Waals surface area contributed by atoms with Gasteiger partial charge in [0.05, 0.1) is 5.39 Å². The van der Waals surface area contributed by atoms with Crippen molar-refractivity contribution in [3.8, 4) is 11.5 Å². The van der Waals surface area contributed by atoms with Crippen LogP contribution in [0.1, 0.15) is 0 Å². The molecule has 0 aliphatic rings. The van der Waals surface area contributed by atoms with Crippen LogP contribution in [0.15, 0.2) is 98.2 Å². The van der Waals surface area contributed by atoms with Crippen LogP contribution in [0.3, 0.4) is 0 Å². The van der Waals surface area contributed by atoms with E-state index in [1.807, 2.05) is 30.3 Å². The van der Waals surface area contributed by atoms with E-state index in [0.29, 0.717) is 5.89 Å². The third kappa shape index (κ3) is 2.49. The number of furan rings is 1. The number of rotatable bonds is 1. The monoisotopic (exact) mass is 463 g/mol. The van der Waals surface area contributed by atoms with Crippen LogP contribution in [0.25, 0.3) is 66.0 Å². The Labute approximate surface area is 185 Å². The van der Waals surface area contributed by atoms with Gasteiger partial charge >= 0.3 is 0 Å². The van der Waals surface area contributed by atoms with Crippen LogP contribution < -0.4 is 0 Å². The number of hydrogen-bond donors (Lipinski definition) is 0. The molecular formula is C27H14BrNO2. The van der Waals surface area contributed by atoms with Gasteiger partial charge in [-0.25, -0.2) is 4.98 Å². The highest BCUT2D eigenvalue weighted by Gasteiger charge is 2.18. The van der Waals surface area contributed by atoms with Gasteiger partial charge in [0.15, 0.2) is 5.58 Å². The van der Waals surface area contributed by atoms with Crippen LogP contribution in [0.2, 0.25) is 0 Å². The molecule has 0 radical (unpaired) electrons. The molecule has 5 aromatic carbocycles. The minimum Gasteiger partial charge on any atom is -0.456 e. The quantitative estimate of drug-likeness (QED) is 0.245. The van der Waals surface area contributed by atoms with Crippen LogP contribution in [-0.2, 0) is 0 Å². The number of nitrogens with zero attached hydrogens (tertiary/aromatic N) is 1.